The number of aliphatic imine (C=N–C) groups is 1. The molecule has 0 radical (unpaired) electrons. The standard InChI is InChI=1S/C18H33N5O/c1-2-3-12-24-18-20-13-16(21-14-6-4-5-7-14)17(23-18)22-15-8-10-19-11-9-15/h13-15,18-19,21-23H,2-12H2,1H3. The van der Waals surface area contributed by atoms with Crippen LogP contribution in [0.4, 0.5) is 0 Å². The highest BCUT2D eigenvalue weighted by Crippen LogP contribution is 2.20. The molecule has 2 fully saturated rings. The lowest BCUT2D eigenvalue weighted by Crippen LogP contribution is -2.48. The van der Waals surface area contributed by atoms with E-state index in [-0.39, 0.29) is 6.35 Å². The van der Waals surface area contributed by atoms with Crippen molar-refractivity contribution in [3.8, 4) is 0 Å². The van der Waals surface area contributed by atoms with Crippen LogP contribution >= 0.6 is 0 Å². The number of ether oxygens (including phenoxy) is 1. The van der Waals surface area contributed by atoms with Crippen molar-refractivity contribution in [1.29, 1.82) is 0 Å². The molecule has 2 aliphatic heterocycles. The monoisotopic (exact) mass is 335 g/mol. The van der Waals surface area contributed by atoms with Gasteiger partial charge >= 0.3 is 0 Å². The molecule has 6 heteroatoms. The van der Waals surface area contributed by atoms with Crippen molar-refractivity contribution in [2.75, 3.05) is 19.7 Å². The minimum atomic E-state index is -0.269. The largest absolute Gasteiger partial charge is 0.378 e. The maximum atomic E-state index is 5.84. The topological polar surface area (TPSA) is 69.7 Å². The SMILES string of the molecule is CCCCOC1N=CC(NC2CCCC2)=C(NC2CCNCC2)N1. The third-order valence-corrected chi connectivity index (χ3v) is 5.05. The van der Waals surface area contributed by atoms with Crippen molar-refractivity contribution in [3.63, 3.8) is 0 Å². The zero-order valence-electron chi connectivity index (χ0n) is 14.9. The average molecular weight is 335 g/mol. The smallest absolute Gasteiger partial charge is 0.226 e. The average Bonchev–Trinajstić information content (AvgIpc) is 3.11. The molecule has 2 heterocycles. The number of unbranched alkanes of at least 4 members (excludes halogenated alkanes) is 1. The Morgan fingerprint density at radius 1 is 1.12 bits per heavy atom. The van der Waals surface area contributed by atoms with Crippen molar-refractivity contribution in [3.05, 3.63) is 11.5 Å². The van der Waals surface area contributed by atoms with Crippen LogP contribution in [0.3, 0.4) is 0 Å². The zero-order valence-corrected chi connectivity index (χ0v) is 14.9. The van der Waals surface area contributed by atoms with Gasteiger partial charge in [0.05, 0.1) is 18.5 Å². The summed E-state index contributed by atoms with van der Waals surface area (Å²) in [5.41, 5.74) is 1.09. The minimum Gasteiger partial charge on any atom is -0.378 e. The van der Waals surface area contributed by atoms with Crippen LogP contribution in [0.5, 0.6) is 0 Å². The first-order chi connectivity index (χ1) is 11.8. The number of nitrogens with one attached hydrogen (secondary N) is 4. The van der Waals surface area contributed by atoms with Crippen LogP contribution in [0.2, 0.25) is 0 Å². The first-order valence-electron chi connectivity index (χ1n) is 9.74. The Balaban J connectivity index is 1.61. The van der Waals surface area contributed by atoms with Crippen LogP contribution in [0, 0.1) is 0 Å². The summed E-state index contributed by atoms with van der Waals surface area (Å²) in [4.78, 5) is 4.54. The maximum Gasteiger partial charge on any atom is 0.226 e. The summed E-state index contributed by atoms with van der Waals surface area (Å²) in [5.74, 6) is 1.06. The molecule has 0 bridgehead atoms. The third-order valence-electron chi connectivity index (χ3n) is 5.05. The highest BCUT2D eigenvalue weighted by Gasteiger charge is 2.23. The quantitative estimate of drug-likeness (QED) is 0.509. The molecule has 1 saturated heterocycles. The van der Waals surface area contributed by atoms with Crippen LogP contribution < -0.4 is 21.3 Å². The summed E-state index contributed by atoms with van der Waals surface area (Å²) < 4.78 is 5.84. The summed E-state index contributed by atoms with van der Waals surface area (Å²) in [6.07, 6.45) is 11.4. The van der Waals surface area contributed by atoms with E-state index < -0.39 is 0 Å². The van der Waals surface area contributed by atoms with E-state index in [4.69, 9.17) is 4.74 Å². The lowest BCUT2D eigenvalue weighted by molar-refractivity contribution is 0.0381. The summed E-state index contributed by atoms with van der Waals surface area (Å²) in [6, 6.07) is 1.09. The Bertz CT molecular complexity index is 439. The number of nitrogens with zero attached hydrogens (tertiary/aromatic N) is 1. The molecule has 24 heavy (non-hydrogen) atoms. The van der Waals surface area contributed by atoms with Crippen LogP contribution in [-0.4, -0.2) is 44.3 Å². The van der Waals surface area contributed by atoms with E-state index in [0.717, 1.165) is 56.9 Å². The first-order valence-corrected chi connectivity index (χ1v) is 9.74. The van der Waals surface area contributed by atoms with Gasteiger partial charge in [-0.15, -0.1) is 0 Å². The van der Waals surface area contributed by atoms with Crippen molar-refractivity contribution < 1.29 is 4.74 Å². The van der Waals surface area contributed by atoms with Crippen LogP contribution in [0.15, 0.2) is 16.5 Å². The predicted octanol–water partition coefficient (Wildman–Crippen LogP) is 1.80. The van der Waals surface area contributed by atoms with Gasteiger partial charge in [0.2, 0.25) is 6.35 Å². The Morgan fingerprint density at radius 3 is 2.62 bits per heavy atom. The van der Waals surface area contributed by atoms with E-state index in [2.05, 4.69) is 33.2 Å². The lowest BCUT2D eigenvalue weighted by Gasteiger charge is -2.31. The molecule has 6 nitrogen and oxygen atoms in total. The molecular formula is C18H33N5O. The molecule has 1 unspecified atom stereocenters. The van der Waals surface area contributed by atoms with E-state index in [0.29, 0.717) is 12.1 Å². The molecule has 0 aromatic rings. The van der Waals surface area contributed by atoms with Gasteiger partial charge < -0.3 is 26.0 Å². The summed E-state index contributed by atoms with van der Waals surface area (Å²) in [5, 5.41) is 14.2. The van der Waals surface area contributed by atoms with Gasteiger partial charge in [-0.2, -0.15) is 0 Å². The predicted molar refractivity (Wildman–Crippen MR) is 97.7 cm³/mol. The normalized spacial score (nSPS) is 25.8. The Hall–Kier alpha value is -1.27. The number of hydrogen-bond acceptors (Lipinski definition) is 6. The fraction of sp³-hybridized carbons (Fsp3) is 0.833. The Kier molecular flexibility index (Phi) is 6.78. The van der Waals surface area contributed by atoms with Crippen LogP contribution in [0.1, 0.15) is 58.3 Å². The summed E-state index contributed by atoms with van der Waals surface area (Å²) in [6.45, 7) is 5.09. The van der Waals surface area contributed by atoms with E-state index in [1.807, 2.05) is 6.21 Å². The van der Waals surface area contributed by atoms with Crippen molar-refractivity contribution in [1.82, 2.24) is 21.3 Å². The second kappa shape index (κ2) is 9.28. The molecule has 1 aliphatic carbocycles. The number of rotatable bonds is 8. The van der Waals surface area contributed by atoms with Gasteiger partial charge in [0.25, 0.3) is 0 Å². The van der Waals surface area contributed by atoms with Crippen molar-refractivity contribution >= 4 is 6.21 Å². The molecule has 0 amide bonds. The van der Waals surface area contributed by atoms with Crippen molar-refractivity contribution in [2.45, 2.75) is 76.7 Å². The number of allylic oxidation sites excluding steroid dienone is 1. The molecule has 1 atom stereocenters. The second-order valence-corrected chi connectivity index (χ2v) is 7.08. The molecule has 3 aliphatic rings. The molecule has 0 aromatic carbocycles. The van der Waals surface area contributed by atoms with Gasteiger partial charge in [0.1, 0.15) is 5.82 Å². The molecule has 136 valence electrons. The zero-order chi connectivity index (χ0) is 16.6. The first kappa shape index (κ1) is 17.5. The number of hydrogen-bond donors (Lipinski definition) is 4. The lowest BCUT2D eigenvalue weighted by atomic mass is 10.1. The molecule has 0 aromatic heterocycles. The molecular weight excluding hydrogens is 302 g/mol. The molecule has 1 saturated carbocycles. The highest BCUT2D eigenvalue weighted by atomic mass is 16.5. The second-order valence-electron chi connectivity index (χ2n) is 7.08. The summed E-state index contributed by atoms with van der Waals surface area (Å²) in [7, 11) is 0. The van der Waals surface area contributed by atoms with E-state index in [9.17, 15) is 0 Å². The van der Waals surface area contributed by atoms with Crippen LogP contribution in [-0.2, 0) is 4.74 Å². The minimum absolute atomic E-state index is 0.269. The van der Waals surface area contributed by atoms with Crippen molar-refractivity contribution in [2.24, 2.45) is 4.99 Å². The molecule has 0 spiro atoms. The van der Waals surface area contributed by atoms with E-state index in [1.54, 1.807) is 0 Å². The van der Waals surface area contributed by atoms with Gasteiger partial charge in [0.15, 0.2) is 0 Å². The van der Waals surface area contributed by atoms with E-state index >= 15 is 0 Å². The fourth-order valence-electron chi connectivity index (χ4n) is 3.56. The third kappa shape index (κ3) is 5.11. The van der Waals surface area contributed by atoms with Gasteiger partial charge in [-0.25, -0.2) is 4.99 Å². The molecule has 3 rings (SSSR count). The Labute approximate surface area is 145 Å². The molecule has 4 N–H and O–H groups in total. The maximum absolute atomic E-state index is 5.84. The van der Waals surface area contributed by atoms with Crippen LogP contribution in [0.25, 0.3) is 0 Å². The van der Waals surface area contributed by atoms with Gasteiger partial charge in [-0.1, -0.05) is 26.2 Å². The van der Waals surface area contributed by atoms with E-state index in [1.165, 1.54) is 25.7 Å². The highest BCUT2D eigenvalue weighted by molar-refractivity contribution is 5.79. The fourth-order valence-corrected chi connectivity index (χ4v) is 3.56. The number of piperidine rings is 1. The Morgan fingerprint density at radius 2 is 1.88 bits per heavy atom. The van der Waals surface area contributed by atoms with Gasteiger partial charge in [0, 0.05) is 12.1 Å². The van der Waals surface area contributed by atoms with Gasteiger partial charge in [-0.3, -0.25) is 0 Å². The van der Waals surface area contributed by atoms with Gasteiger partial charge in [-0.05, 0) is 45.2 Å². The summed E-state index contributed by atoms with van der Waals surface area (Å²) >= 11 is 0.